The average molecular weight is 268 g/mol. The van der Waals surface area contributed by atoms with Gasteiger partial charge < -0.3 is 9.64 Å². The summed E-state index contributed by atoms with van der Waals surface area (Å²) in [5, 5.41) is 5.05. The van der Waals surface area contributed by atoms with Crippen LogP contribution in [0.25, 0.3) is 6.08 Å². The molecule has 0 unspecified atom stereocenters. The van der Waals surface area contributed by atoms with E-state index in [-0.39, 0.29) is 5.91 Å². The van der Waals surface area contributed by atoms with Crippen molar-refractivity contribution in [3.63, 3.8) is 0 Å². The summed E-state index contributed by atoms with van der Waals surface area (Å²) in [7, 11) is 1.62. The summed E-state index contributed by atoms with van der Waals surface area (Å²) in [5.74, 6) is -0.153. The summed E-state index contributed by atoms with van der Waals surface area (Å²) >= 11 is 6.69. The minimum atomic E-state index is -0.153. The fraction of sp³-hybridized carbons (Fsp3) is 0.273. The van der Waals surface area contributed by atoms with E-state index < -0.39 is 0 Å². The van der Waals surface area contributed by atoms with Gasteiger partial charge in [-0.05, 0) is 29.7 Å². The molecule has 0 bridgehead atoms. The van der Waals surface area contributed by atoms with Gasteiger partial charge in [0.25, 0.3) is 5.91 Å². The first-order valence-corrected chi connectivity index (χ1v) is 6.38. The Morgan fingerprint density at radius 1 is 1.65 bits per heavy atom. The number of rotatable bonds is 4. The number of hydrogen-bond donors (Lipinski definition) is 1. The molecule has 0 atom stereocenters. The molecule has 1 aliphatic rings. The van der Waals surface area contributed by atoms with Crippen LogP contribution in [-0.4, -0.2) is 36.2 Å². The highest BCUT2D eigenvalue weighted by atomic mass is 32.1. The lowest BCUT2D eigenvalue weighted by molar-refractivity contribution is -0.115. The predicted molar refractivity (Wildman–Crippen MR) is 71.6 cm³/mol. The zero-order chi connectivity index (χ0) is 12.3. The fourth-order valence-corrected chi connectivity index (χ4v) is 2.45. The van der Waals surface area contributed by atoms with Crippen LogP contribution in [0.3, 0.4) is 0 Å². The number of hydrogen-bond acceptors (Lipinski definition) is 4. The molecule has 0 aromatic carbocycles. The Labute approximate surface area is 109 Å². The van der Waals surface area contributed by atoms with Crippen molar-refractivity contribution in [2.24, 2.45) is 0 Å². The quantitative estimate of drug-likeness (QED) is 0.663. The van der Waals surface area contributed by atoms with Crippen molar-refractivity contribution in [1.82, 2.24) is 10.2 Å². The van der Waals surface area contributed by atoms with Crippen molar-refractivity contribution >= 4 is 40.7 Å². The van der Waals surface area contributed by atoms with Gasteiger partial charge in [0.05, 0.1) is 6.61 Å². The van der Waals surface area contributed by atoms with Gasteiger partial charge in [0.1, 0.15) is 5.70 Å². The van der Waals surface area contributed by atoms with Gasteiger partial charge in [-0.2, -0.15) is 0 Å². The number of thiocarbonyl (C=S) groups is 1. The molecule has 1 fully saturated rings. The van der Waals surface area contributed by atoms with Crippen molar-refractivity contribution in [3.8, 4) is 0 Å². The number of thiophene rings is 1. The van der Waals surface area contributed by atoms with Crippen LogP contribution < -0.4 is 5.32 Å². The normalized spacial score (nSPS) is 17.9. The third-order valence-corrected chi connectivity index (χ3v) is 3.47. The molecule has 0 saturated carbocycles. The highest BCUT2D eigenvalue weighted by Crippen LogP contribution is 2.19. The first-order chi connectivity index (χ1) is 8.22. The van der Waals surface area contributed by atoms with E-state index in [4.69, 9.17) is 17.0 Å². The van der Waals surface area contributed by atoms with Crippen molar-refractivity contribution < 1.29 is 9.53 Å². The third kappa shape index (κ3) is 2.71. The Hall–Kier alpha value is -1.24. The van der Waals surface area contributed by atoms with E-state index in [0.717, 1.165) is 4.88 Å². The first kappa shape index (κ1) is 12.2. The van der Waals surface area contributed by atoms with Gasteiger partial charge in [-0.1, -0.05) is 6.07 Å². The van der Waals surface area contributed by atoms with Gasteiger partial charge in [0.15, 0.2) is 5.11 Å². The maximum atomic E-state index is 11.7. The summed E-state index contributed by atoms with van der Waals surface area (Å²) in [5.41, 5.74) is 0.578. The van der Waals surface area contributed by atoms with E-state index in [1.165, 1.54) is 0 Å². The molecule has 1 amide bonds. The van der Waals surface area contributed by atoms with Gasteiger partial charge in [-0.25, -0.2) is 0 Å². The summed E-state index contributed by atoms with van der Waals surface area (Å²) in [6.07, 6.45) is 1.84. The van der Waals surface area contributed by atoms with Crippen LogP contribution in [0.4, 0.5) is 0 Å². The number of nitrogens with zero attached hydrogens (tertiary/aromatic N) is 1. The van der Waals surface area contributed by atoms with Gasteiger partial charge in [0.2, 0.25) is 0 Å². The Balaban J connectivity index is 2.22. The second kappa shape index (κ2) is 5.39. The molecular weight excluding hydrogens is 256 g/mol. The molecule has 90 valence electrons. The summed E-state index contributed by atoms with van der Waals surface area (Å²) in [4.78, 5) is 14.5. The van der Waals surface area contributed by atoms with Gasteiger partial charge in [-0.3, -0.25) is 10.1 Å². The second-order valence-corrected chi connectivity index (χ2v) is 4.81. The van der Waals surface area contributed by atoms with E-state index >= 15 is 0 Å². The standard InChI is InChI=1S/C11H12N2O2S2/c1-15-5-4-13-9(10(14)12-11(13)16)7-8-3-2-6-17-8/h2-3,6-7H,4-5H2,1H3,(H,12,14,16)/b9-7-. The summed E-state index contributed by atoms with van der Waals surface area (Å²) < 4.78 is 5.01. The lowest BCUT2D eigenvalue weighted by Crippen LogP contribution is -2.30. The highest BCUT2D eigenvalue weighted by molar-refractivity contribution is 7.80. The Morgan fingerprint density at radius 2 is 2.47 bits per heavy atom. The fourth-order valence-electron chi connectivity index (χ4n) is 1.52. The first-order valence-electron chi connectivity index (χ1n) is 5.09. The zero-order valence-corrected chi connectivity index (χ0v) is 10.9. The Morgan fingerprint density at radius 3 is 3.12 bits per heavy atom. The zero-order valence-electron chi connectivity index (χ0n) is 9.30. The molecule has 2 heterocycles. The van der Waals surface area contributed by atoms with Crippen LogP contribution in [0.1, 0.15) is 4.88 Å². The SMILES string of the molecule is COCCN1C(=S)NC(=O)/C1=C/c1cccs1. The maximum Gasteiger partial charge on any atom is 0.274 e. The van der Waals surface area contributed by atoms with E-state index in [2.05, 4.69) is 5.32 Å². The Bertz CT molecular complexity index is 454. The van der Waals surface area contributed by atoms with Crippen LogP contribution in [0.2, 0.25) is 0 Å². The average Bonchev–Trinajstić information content (AvgIpc) is 2.88. The molecule has 0 aliphatic carbocycles. The largest absolute Gasteiger partial charge is 0.383 e. The van der Waals surface area contributed by atoms with Gasteiger partial charge >= 0.3 is 0 Å². The highest BCUT2D eigenvalue weighted by Gasteiger charge is 2.29. The van der Waals surface area contributed by atoms with Crippen molar-refractivity contribution in [2.45, 2.75) is 0 Å². The third-order valence-electron chi connectivity index (χ3n) is 2.33. The van der Waals surface area contributed by atoms with Crippen LogP contribution >= 0.6 is 23.6 Å². The van der Waals surface area contributed by atoms with Crippen molar-refractivity contribution in [1.29, 1.82) is 0 Å². The van der Waals surface area contributed by atoms with Gasteiger partial charge in [-0.15, -0.1) is 11.3 Å². The van der Waals surface area contributed by atoms with Crippen LogP contribution in [-0.2, 0) is 9.53 Å². The summed E-state index contributed by atoms with van der Waals surface area (Å²) in [6.45, 7) is 1.10. The smallest absolute Gasteiger partial charge is 0.274 e. The summed E-state index contributed by atoms with van der Waals surface area (Å²) in [6, 6.07) is 3.91. The maximum absolute atomic E-state index is 11.7. The number of methoxy groups -OCH3 is 1. The molecule has 1 aromatic heterocycles. The van der Waals surface area contributed by atoms with E-state index in [1.54, 1.807) is 23.3 Å². The van der Waals surface area contributed by atoms with Crippen molar-refractivity contribution in [2.75, 3.05) is 20.3 Å². The predicted octanol–water partition coefficient (Wildman–Crippen LogP) is 1.45. The molecular formula is C11H12N2O2S2. The minimum absolute atomic E-state index is 0.153. The number of carbonyl (C=O) groups excluding carboxylic acids is 1. The molecule has 17 heavy (non-hydrogen) atoms. The number of ether oxygens (including phenoxy) is 1. The van der Waals surface area contributed by atoms with Gasteiger partial charge in [0, 0.05) is 18.5 Å². The number of nitrogens with one attached hydrogen (secondary N) is 1. The molecule has 1 aromatic rings. The van der Waals surface area contributed by atoms with Crippen LogP contribution in [0.15, 0.2) is 23.2 Å². The second-order valence-electron chi connectivity index (χ2n) is 3.45. The topological polar surface area (TPSA) is 41.6 Å². The number of carbonyl (C=O) groups is 1. The van der Waals surface area contributed by atoms with Crippen molar-refractivity contribution in [3.05, 3.63) is 28.1 Å². The van der Waals surface area contributed by atoms with E-state index in [0.29, 0.717) is 24.0 Å². The Kier molecular flexibility index (Phi) is 3.88. The minimum Gasteiger partial charge on any atom is -0.383 e. The van der Waals surface area contributed by atoms with E-state index in [9.17, 15) is 4.79 Å². The number of amides is 1. The monoisotopic (exact) mass is 268 g/mol. The molecule has 0 radical (unpaired) electrons. The lowest BCUT2D eigenvalue weighted by Gasteiger charge is -2.16. The van der Waals surface area contributed by atoms with Crippen LogP contribution in [0, 0.1) is 0 Å². The molecule has 2 rings (SSSR count). The molecule has 4 nitrogen and oxygen atoms in total. The lowest BCUT2D eigenvalue weighted by atomic mass is 10.3. The molecule has 1 N–H and O–H groups in total. The molecule has 1 saturated heterocycles. The molecule has 1 aliphatic heterocycles. The molecule has 0 spiro atoms. The molecule has 6 heteroatoms. The van der Waals surface area contributed by atoms with Crippen LogP contribution in [0.5, 0.6) is 0 Å². The van der Waals surface area contributed by atoms with E-state index in [1.807, 2.05) is 23.6 Å².